The highest BCUT2D eigenvalue weighted by Crippen LogP contribution is 2.18. The summed E-state index contributed by atoms with van der Waals surface area (Å²) in [5.41, 5.74) is 7.26. The first-order valence-electron chi connectivity index (χ1n) is 6.16. The minimum atomic E-state index is -0.551. The summed E-state index contributed by atoms with van der Waals surface area (Å²) >= 11 is 0. The van der Waals surface area contributed by atoms with Crippen LogP contribution in [0.2, 0.25) is 0 Å². The Kier molecular flexibility index (Phi) is 4.18. The number of amidine groups is 1. The Labute approximate surface area is 120 Å². The van der Waals surface area contributed by atoms with Gasteiger partial charge in [-0.05, 0) is 37.3 Å². The number of hydrogen-bond acceptors (Lipinski definition) is 3. The maximum atomic E-state index is 13.3. The molecule has 1 amide bonds. The van der Waals surface area contributed by atoms with Crippen molar-refractivity contribution in [3.05, 3.63) is 65.0 Å². The van der Waals surface area contributed by atoms with Gasteiger partial charge < -0.3 is 16.3 Å². The smallest absolute Gasteiger partial charge is 0.255 e. The lowest BCUT2D eigenvalue weighted by molar-refractivity contribution is 0.102. The normalized spacial score (nSPS) is 11.2. The van der Waals surface area contributed by atoms with Crippen LogP contribution < -0.4 is 11.1 Å². The molecule has 0 heterocycles. The molecule has 21 heavy (non-hydrogen) atoms. The fourth-order valence-corrected chi connectivity index (χ4v) is 1.87. The number of anilines is 1. The summed E-state index contributed by atoms with van der Waals surface area (Å²) in [5, 5.41) is 14.2. The molecule has 0 saturated carbocycles. The van der Waals surface area contributed by atoms with Crippen molar-refractivity contribution in [1.82, 2.24) is 0 Å². The molecule has 6 heteroatoms. The van der Waals surface area contributed by atoms with Crippen molar-refractivity contribution in [3.63, 3.8) is 0 Å². The molecule has 0 spiro atoms. The Morgan fingerprint density at radius 3 is 2.71 bits per heavy atom. The molecule has 4 N–H and O–H groups in total. The highest BCUT2D eigenvalue weighted by Gasteiger charge is 2.13. The van der Waals surface area contributed by atoms with E-state index in [1.165, 1.54) is 12.1 Å². The molecule has 0 radical (unpaired) electrons. The van der Waals surface area contributed by atoms with E-state index in [9.17, 15) is 9.18 Å². The van der Waals surface area contributed by atoms with Gasteiger partial charge >= 0.3 is 0 Å². The molecule has 0 saturated heterocycles. The Balaban J connectivity index is 2.33. The summed E-state index contributed by atoms with van der Waals surface area (Å²) in [6.45, 7) is 1.87. The molecule has 0 aliphatic heterocycles. The summed E-state index contributed by atoms with van der Waals surface area (Å²) in [6.07, 6.45) is 0. The van der Waals surface area contributed by atoms with Gasteiger partial charge in [0, 0.05) is 11.1 Å². The standard InChI is InChI=1S/C15H14FN3O2/c1-9-3-2-4-10(7-9)15(20)18-13-6-5-11(16)8-12(13)14(17)19-21/h2-8,21H,1H3,(H2,17,19)(H,18,20). The molecule has 0 aromatic heterocycles. The lowest BCUT2D eigenvalue weighted by atomic mass is 10.1. The SMILES string of the molecule is Cc1cccc(C(=O)Nc2ccc(F)cc2/C(N)=N/O)c1. The van der Waals surface area contributed by atoms with Crippen LogP contribution in [0.1, 0.15) is 21.5 Å². The summed E-state index contributed by atoms with van der Waals surface area (Å²) in [6, 6.07) is 10.6. The van der Waals surface area contributed by atoms with Gasteiger partial charge in [0.2, 0.25) is 0 Å². The second-order valence-corrected chi connectivity index (χ2v) is 4.50. The molecule has 0 aliphatic rings. The monoisotopic (exact) mass is 287 g/mol. The van der Waals surface area contributed by atoms with Gasteiger partial charge in [-0.2, -0.15) is 0 Å². The molecular formula is C15H14FN3O2. The highest BCUT2D eigenvalue weighted by molar-refractivity contribution is 6.09. The summed E-state index contributed by atoms with van der Waals surface area (Å²) in [5.74, 6) is -1.20. The fourth-order valence-electron chi connectivity index (χ4n) is 1.87. The van der Waals surface area contributed by atoms with Gasteiger partial charge in [0.1, 0.15) is 5.82 Å². The molecule has 5 nitrogen and oxygen atoms in total. The molecule has 2 aromatic carbocycles. The van der Waals surface area contributed by atoms with E-state index in [1.54, 1.807) is 18.2 Å². The lowest BCUT2D eigenvalue weighted by Gasteiger charge is -2.10. The number of nitrogens with zero attached hydrogens (tertiary/aromatic N) is 1. The van der Waals surface area contributed by atoms with Crippen molar-refractivity contribution in [1.29, 1.82) is 0 Å². The average Bonchev–Trinajstić information content (AvgIpc) is 2.48. The Hall–Kier alpha value is -2.89. The van der Waals surface area contributed by atoms with Crippen LogP contribution >= 0.6 is 0 Å². The third kappa shape index (κ3) is 3.36. The molecule has 108 valence electrons. The summed E-state index contributed by atoms with van der Waals surface area (Å²) in [4.78, 5) is 12.2. The second kappa shape index (κ2) is 6.04. The second-order valence-electron chi connectivity index (χ2n) is 4.50. The molecule has 0 fully saturated rings. The van der Waals surface area contributed by atoms with Crippen LogP contribution in [0.25, 0.3) is 0 Å². The van der Waals surface area contributed by atoms with Crippen molar-refractivity contribution in [2.45, 2.75) is 6.92 Å². The van der Waals surface area contributed by atoms with Gasteiger partial charge in [-0.15, -0.1) is 0 Å². The van der Waals surface area contributed by atoms with E-state index in [4.69, 9.17) is 10.9 Å². The predicted molar refractivity (Wildman–Crippen MR) is 78.0 cm³/mol. The van der Waals surface area contributed by atoms with Crippen molar-refractivity contribution in [2.75, 3.05) is 5.32 Å². The zero-order chi connectivity index (χ0) is 15.4. The number of benzene rings is 2. The number of carbonyl (C=O) groups excluding carboxylic acids is 1. The Morgan fingerprint density at radius 1 is 1.29 bits per heavy atom. The van der Waals surface area contributed by atoms with Crippen LogP contribution in [0.3, 0.4) is 0 Å². The lowest BCUT2D eigenvalue weighted by Crippen LogP contribution is -2.19. The molecule has 0 atom stereocenters. The summed E-state index contributed by atoms with van der Waals surface area (Å²) < 4.78 is 13.3. The maximum Gasteiger partial charge on any atom is 0.255 e. The van der Waals surface area contributed by atoms with Crippen LogP contribution in [-0.2, 0) is 0 Å². The first-order chi connectivity index (χ1) is 10.0. The van der Waals surface area contributed by atoms with Crippen LogP contribution in [0.4, 0.5) is 10.1 Å². The Morgan fingerprint density at radius 2 is 2.05 bits per heavy atom. The van der Waals surface area contributed by atoms with Gasteiger partial charge in [-0.1, -0.05) is 22.9 Å². The summed E-state index contributed by atoms with van der Waals surface area (Å²) in [7, 11) is 0. The zero-order valence-corrected chi connectivity index (χ0v) is 11.3. The molecule has 0 aliphatic carbocycles. The first kappa shape index (κ1) is 14.5. The first-order valence-corrected chi connectivity index (χ1v) is 6.16. The topological polar surface area (TPSA) is 87.7 Å². The van der Waals surface area contributed by atoms with Gasteiger partial charge in [-0.25, -0.2) is 4.39 Å². The quantitative estimate of drug-likeness (QED) is 0.351. The van der Waals surface area contributed by atoms with Crippen molar-refractivity contribution in [3.8, 4) is 0 Å². The van der Waals surface area contributed by atoms with Crippen molar-refractivity contribution < 1.29 is 14.4 Å². The van der Waals surface area contributed by atoms with E-state index in [0.717, 1.165) is 11.6 Å². The molecule has 0 bridgehead atoms. The van der Waals surface area contributed by atoms with Crippen LogP contribution in [0.5, 0.6) is 0 Å². The van der Waals surface area contributed by atoms with Gasteiger partial charge in [0.15, 0.2) is 5.84 Å². The van der Waals surface area contributed by atoms with Gasteiger partial charge in [0.25, 0.3) is 5.91 Å². The number of nitrogens with two attached hydrogens (primary N) is 1. The highest BCUT2D eigenvalue weighted by atomic mass is 19.1. The molecular weight excluding hydrogens is 273 g/mol. The molecule has 2 aromatic rings. The minimum Gasteiger partial charge on any atom is -0.409 e. The van der Waals surface area contributed by atoms with Crippen molar-refractivity contribution in [2.24, 2.45) is 10.9 Å². The predicted octanol–water partition coefficient (Wildman–Crippen LogP) is 2.48. The largest absolute Gasteiger partial charge is 0.409 e. The van der Waals surface area contributed by atoms with E-state index in [2.05, 4.69) is 10.5 Å². The van der Waals surface area contributed by atoms with Gasteiger partial charge in [-0.3, -0.25) is 4.79 Å². The maximum absolute atomic E-state index is 13.3. The third-order valence-electron chi connectivity index (χ3n) is 2.89. The third-order valence-corrected chi connectivity index (χ3v) is 2.89. The number of aryl methyl sites for hydroxylation is 1. The molecule has 0 unspecified atom stereocenters. The zero-order valence-electron chi connectivity index (χ0n) is 11.3. The minimum absolute atomic E-state index is 0.110. The number of rotatable bonds is 3. The van der Waals surface area contributed by atoms with Crippen LogP contribution in [0, 0.1) is 12.7 Å². The number of oxime groups is 1. The van der Waals surface area contributed by atoms with E-state index < -0.39 is 5.82 Å². The van der Waals surface area contributed by atoms with E-state index in [-0.39, 0.29) is 23.0 Å². The van der Waals surface area contributed by atoms with E-state index in [1.807, 2.05) is 13.0 Å². The van der Waals surface area contributed by atoms with E-state index >= 15 is 0 Å². The van der Waals surface area contributed by atoms with Crippen molar-refractivity contribution >= 4 is 17.4 Å². The molecule has 2 rings (SSSR count). The number of carbonyl (C=O) groups is 1. The van der Waals surface area contributed by atoms with Crippen LogP contribution in [0.15, 0.2) is 47.6 Å². The average molecular weight is 287 g/mol. The van der Waals surface area contributed by atoms with E-state index in [0.29, 0.717) is 5.56 Å². The van der Waals surface area contributed by atoms with Crippen LogP contribution in [-0.4, -0.2) is 17.0 Å². The fraction of sp³-hybridized carbons (Fsp3) is 0.0667. The van der Waals surface area contributed by atoms with Gasteiger partial charge in [0.05, 0.1) is 5.69 Å². The number of amides is 1. The number of nitrogens with one attached hydrogen (secondary N) is 1. The Bertz CT molecular complexity index is 714. The number of hydrogen-bond donors (Lipinski definition) is 3. The number of halogens is 1.